The molecule has 17 heteroatoms. The normalized spacial score (nSPS) is 12.1. The molecule has 0 bridgehead atoms. The second kappa shape index (κ2) is 17.9. The Bertz CT molecular complexity index is 1690. The standard InChI is InChI=1S/C33H38N8O9/c34-18-30(42)38-19-31(43)36-14-6-5-11-28(32(44)37-16-15-35-27-13-12-21(40(46)47)17-29(27)41(48)49)39-33(45)50-20-26-24-9-3-1-7-22(24)23-8-2-4-10-25(23)26/h1-4,7-10,12-13,17,26,28,35H,5-6,11,14-16,18-20,34H2,(H,36,43)(H,37,44)(H,38,42)(H,39,45)/t28-/m0/s1. The Kier molecular flexibility index (Phi) is 13.1. The molecule has 264 valence electrons. The predicted octanol–water partition coefficient (Wildman–Crippen LogP) is 2.30. The molecule has 0 aliphatic heterocycles. The van der Waals surface area contributed by atoms with Crippen LogP contribution in [0, 0.1) is 20.2 Å². The first kappa shape index (κ1) is 36.7. The number of nitrogens with zero attached hydrogens (tertiary/aromatic N) is 2. The molecule has 0 aromatic heterocycles. The predicted molar refractivity (Wildman–Crippen MR) is 182 cm³/mol. The first-order valence-corrected chi connectivity index (χ1v) is 15.9. The number of hydrogen-bond donors (Lipinski definition) is 6. The summed E-state index contributed by atoms with van der Waals surface area (Å²) in [5.41, 5.74) is 8.50. The highest BCUT2D eigenvalue weighted by Crippen LogP contribution is 2.44. The second-order valence-electron chi connectivity index (χ2n) is 11.3. The monoisotopic (exact) mass is 690 g/mol. The molecule has 0 fully saturated rings. The molecule has 0 radical (unpaired) electrons. The molecule has 0 spiro atoms. The van der Waals surface area contributed by atoms with E-state index in [1.165, 1.54) is 6.07 Å². The number of anilines is 1. The van der Waals surface area contributed by atoms with E-state index in [-0.39, 0.29) is 57.4 Å². The lowest BCUT2D eigenvalue weighted by atomic mass is 9.98. The Hall–Kier alpha value is -6.10. The number of alkyl carbamates (subject to hydrolysis) is 1. The smallest absolute Gasteiger partial charge is 0.407 e. The third kappa shape index (κ3) is 9.96. The van der Waals surface area contributed by atoms with Crippen LogP contribution in [0.4, 0.5) is 21.9 Å². The Balaban J connectivity index is 1.33. The Morgan fingerprint density at radius 2 is 1.48 bits per heavy atom. The number of benzene rings is 3. The summed E-state index contributed by atoms with van der Waals surface area (Å²) in [7, 11) is 0. The van der Waals surface area contributed by atoms with Crippen LogP contribution in [0.2, 0.25) is 0 Å². The van der Waals surface area contributed by atoms with Crippen LogP contribution in [0.5, 0.6) is 0 Å². The first-order chi connectivity index (χ1) is 24.1. The van der Waals surface area contributed by atoms with Crippen molar-refractivity contribution in [2.45, 2.75) is 31.2 Å². The molecular formula is C33H38N8O9. The number of nitro benzene ring substituents is 2. The molecule has 0 unspecified atom stereocenters. The minimum Gasteiger partial charge on any atom is -0.449 e. The number of nitrogens with two attached hydrogens (primary N) is 1. The highest BCUT2D eigenvalue weighted by molar-refractivity contribution is 5.86. The van der Waals surface area contributed by atoms with Gasteiger partial charge in [-0.1, -0.05) is 48.5 Å². The molecule has 17 nitrogen and oxygen atoms in total. The Morgan fingerprint density at radius 3 is 2.12 bits per heavy atom. The van der Waals surface area contributed by atoms with E-state index in [0.29, 0.717) is 12.8 Å². The SMILES string of the molecule is NCC(=O)NCC(=O)NCCCC[C@H](NC(=O)OCC1c2ccccc2-c2ccccc21)C(=O)NCCNc1ccc([N+](=O)[O-])cc1[N+](=O)[O-]. The van der Waals surface area contributed by atoms with Crippen LogP contribution in [-0.4, -0.2) is 79.0 Å². The topological polar surface area (TPSA) is 250 Å². The van der Waals surface area contributed by atoms with Crippen molar-refractivity contribution in [3.8, 4) is 11.1 Å². The van der Waals surface area contributed by atoms with Crippen LogP contribution < -0.4 is 32.3 Å². The largest absolute Gasteiger partial charge is 0.449 e. The summed E-state index contributed by atoms with van der Waals surface area (Å²) in [6.07, 6.45) is 0.273. The highest BCUT2D eigenvalue weighted by Gasteiger charge is 2.30. The van der Waals surface area contributed by atoms with E-state index in [0.717, 1.165) is 34.4 Å². The van der Waals surface area contributed by atoms with Gasteiger partial charge in [0.2, 0.25) is 17.7 Å². The lowest BCUT2D eigenvalue weighted by molar-refractivity contribution is -0.393. The maximum Gasteiger partial charge on any atom is 0.407 e. The zero-order valence-corrected chi connectivity index (χ0v) is 27.0. The van der Waals surface area contributed by atoms with Crippen LogP contribution in [0.1, 0.15) is 36.3 Å². The van der Waals surface area contributed by atoms with E-state index >= 15 is 0 Å². The quantitative estimate of drug-likeness (QED) is 0.0642. The summed E-state index contributed by atoms with van der Waals surface area (Å²) in [5.74, 6) is -1.59. The maximum absolute atomic E-state index is 13.2. The van der Waals surface area contributed by atoms with Gasteiger partial charge in [0.1, 0.15) is 18.3 Å². The van der Waals surface area contributed by atoms with Crippen LogP contribution in [0.25, 0.3) is 11.1 Å². The number of amides is 4. The molecule has 3 aromatic carbocycles. The lowest BCUT2D eigenvalue weighted by Crippen LogP contribution is -2.48. The summed E-state index contributed by atoms with van der Waals surface area (Å²) in [6, 6.07) is 17.9. The average Bonchev–Trinajstić information content (AvgIpc) is 3.43. The van der Waals surface area contributed by atoms with E-state index in [9.17, 15) is 39.4 Å². The van der Waals surface area contributed by atoms with Crippen LogP contribution >= 0.6 is 0 Å². The molecule has 50 heavy (non-hydrogen) atoms. The number of non-ortho nitro benzene ring substituents is 1. The summed E-state index contributed by atoms with van der Waals surface area (Å²) in [4.78, 5) is 70.3. The molecule has 1 aliphatic rings. The van der Waals surface area contributed by atoms with Crippen molar-refractivity contribution in [3.63, 3.8) is 0 Å². The number of nitrogens with one attached hydrogen (secondary N) is 5. The van der Waals surface area contributed by atoms with Gasteiger partial charge in [-0.05, 0) is 47.6 Å². The molecule has 4 amide bonds. The van der Waals surface area contributed by atoms with Gasteiger partial charge >= 0.3 is 6.09 Å². The van der Waals surface area contributed by atoms with Gasteiger partial charge in [-0.3, -0.25) is 34.6 Å². The van der Waals surface area contributed by atoms with Crippen molar-refractivity contribution in [1.82, 2.24) is 21.3 Å². The van der Waals surface area contributed by atoms with E-state index in [1.807, 2.05) is 48.5 Å². The van der Waals surface area contributed by atoms with Crippen LogP contribution in [0.15, 0.2) is 66.7 Å². The zero-order chi connectivity index (χ0) is 36.0. The summed E-state index contributed by atoms with van der Waals surface area (Å²) >= 11 is 0. The molecule has 1 aliphatic carbocycles. The van der Waals surface area contributed by atoms with Gasteiger partial charge in [0, 0.05) is 31.6 Å². The molecule has 0 saturated carbocycles. The number of ether oxygens (including phenoxy) is 1. The fourth-order valence-corrected chi connectivity index (χ4v) is 5.51. The molecule has 4 rings (SSSR count). The van der Waals surface area contributed by atoms with Gasteiger partial charge in [-0.25, -0.2) is 4.79 Å². The maximum atomic E-state index is 13.2. The molecule has 0 saturated heterocycles. The van der Waals surface area contributed by atoms with Crippen molar-refractivity contribution in [1.29, 1.82) is 0 Å². The molecule has 1 atom stereocenters. The molecule has 3 aromatic rings. The summed E-state index contributed by atoms with van der Waals surface area (Å²) < 4.78 is 5.63. The summed E-state index contributed by atoms with van der Waals surface area (Å²) in [5, 5.41) is 35.6. The lowest BCUT2D eigenvalue weighted by Gasteiger charge is -2.20. The number of carbonyl (C=O) groups is 4. The van der Waals surface area contributed by atoms with Crippen LogP contribution in [0.3, 0.4) is 0 Å². The van der Waals surface area contributed by atoms with Gasteiger partial charge in [-0.15, -0.1) is 0 Å². The Labute approximate surface area is 286 Å². The van der Waals surface area contributed by atoms with Gasteiger partial charge < -0.3 is 37.1 Å². The first-order valence-electron chi connectivity index (χ1n) is 15.9. The highest BCUT2D eigenvalue weighted by atomic mass is 16.6. The number of unbranched alkanes of at least 4 members (excludes halogenated alkanes) is 1. The third-order valence-electron chi connectivity index (χ3n) is 7.95. The van der Waals surface area contributed by atoms with Crippen molar-refractivity contribution < 1.29 is 33.8 Å². The number of fused-ring (bicyclic) bond motifs is 3. The Morgan fingerprint density at radius 1 is 0.800 bits per heavy atom. The number of hydrogen-bond acceptors (Lipinski definition) is 11. The molecule has 7 N–H and O–H groups in total. The van der Waals surface area contributed by atoms with Crippen molar-refractivity contribution in [2.24, 2.45) is 5.73 Å². The van der Waals surface area contributed by atoms with Crippen molar-refractivity contribution in [3.05, 3.63) is 98.1 Å². The second-order valence-corrected chi connectivity index (χ2v) is 11.3. The fourth-order valence-electron chi connectivity index (χ4n) is 5.51. The van der Waals surface area contributed by atoms with Gasteiger partial charge in [-0.2, -0.15) is 0 Å². The van der Waals surface area contributed by atoms with E-state index in [1.54, 1.807) is 0 Å². The van der Waals surface area contributed by atoms with Gasteiger partial charge in [0.15, 0.2) is 0 Å². The molecular weight excluding hydrogens is 652 g/mol. The van der Waals surface area contributed by atoms with E-state index < -0.39 is 51.1 Å². The minimum atomic E-state index is -1.01. The third-order valence-corrected chi connectivity index (χ3v) is 7.95. The van der Waals surface area contributed by atoms with E-state index in [2.05, 4.69) is 26.6 Å². The zero-order valence-electron chi connectivity index (χ0n) is 27.0. The van der Waals surface area contributed by atoms with Crippen LogP contribution in [-0.2, 0) is 19.1 Å². The van der Waals surface area contributed by atoms with Gasteiger partial charge in [0.25, 0.3) is 11.4 Å². The van der Waals surface area contributed by atoms with E-state index in [4.69, 9.17) is 10.5 Å². The van der Waals surface area contributed by atoms with Gasteiger partial charge in [0.05, 0.1) is 29.0 Å². The number of nitro groups is 2. The van der Waals surface area contributed by atoms with Crippen molar-refractivity contribution in [2.75, 3.05) is 44.6 Å². The van der Waals surface area contributed by atoms with Crippen molar-refractivity contribution >= 4 is 40.9 Å². The molecule has 0 heterocycles. The average molecular weight is 691 g/mol. The summed E-state index contributed by atoms with van der Waals surface area (Å²) in [6.45, 7) is -0.121. The fraction of sp³-hybridized carbons (Fsp3) is 0.333. The number of carbonyl (C=O) groups excluding carboxylic acids is 4. The minimum absolute atomic E-state index is 0.000419. The number of rotatable bonds is 18.